The molecule has 2 aromatic heterocycles. The van der Waals surface area contributed by atoms with Crippen molar-refractivity contribution in [3.05, 3.63) is 36.2 Å². The maximum atomic E-state index is 11.9. The lowest BCUT2D eigenvalue weighted by molar-refractivity contribution is -0.135. The van der Waals surface area contributed by atoms with E-state index in [1.54, 1.807) is 33.0 Å². The fourth-order valence-electron chi connectivity index (χ4n) is 2.61. The van der Waals surface area contributed by atoms with Gasteiger partial charge in [-0.3, -0.25) is 5.43 Å². The van der Waals surface area contributed by atoms with E-state index in [1.165, 1.54) is 0 Å². The van der Waals surface area contributed by atoms with Crippen molar-refractivity contribution < 1.29 is 19.1 Å². The summed E-state index contributed by atoms with van der Waals surface area (Å²) in [6.45, 7) is 5.65. The monoisotopic (exact) mass is 368 g/mol. The number of hydrazone groups is 1. The van der Waals surface area contributed by atoms with Gasteiger partial charge in [0.15, 0.2) is 0 Å². The van der Waals surface area contributed by atoms with Crippen LogP contribution in [0.4, 0.5) is 5.69 Å². The van der Waals surface area contributed by atoms with E-state index in [-0.39, 0.29) is 11.4 Å². The number of fused-ring (bicyclic) bond motifs is 3. The van der Waals surface area contributed by atoms with Crippen molar-refractivity contribution in [2.75, 3.05) is 18.6 Å². The van der Waals surface area contributed by atoms with E-state index in [2.05, 4.69) is 20.5 Å². The number of H-pyrrole nitrogens is 1. The fraction of sp³-hybridized carbons (Fsp3) is 0.263. The molecule has 0 radical (unpaired) electrons. The molecule has 0 atom stereocenters. The first-order chi connectivity index (χ1) is 13.0. The van der Waals surface area contributed by atoms with E-state index in [0.717, 1.165) is 21.8 Å². The fourth-order valence-corrected chi connectivity index (χ4v) is 2.61. The summed E-state index contributed by atoms with van der Waals surface area (Å²) < 4.78 is 9.91. The summed E-state index contributed by atoms with van der Waals surface area (Å²) in [6.07, 6.45) is 1.61. The van der Waals surface area contributed by atoms with Gasteiger partial charge in [0.1, 0.15) is 11.4 Å². The van der Waals surface area contributed by atoms with Crippen LogP contribution in [0.1, 0.15) is 31.3 Å². The maximum absolute atomic E-state index is 11.9. The average molecular weight is 368 g/mol. The molecule has 1 aromatic carbocycles. The Labute approximate surface area is 155 Å². The summed E-state index contributed by atoms with van der Waals surface area (Å²) in [5.41, 5.74) is 5.73. The van der Waals surface area contributed by atoms with Crippen LogP contribution in [0.2, 0.25) is 0 Å². The molecule has 140 valence electrons. The van der Waals surface area contributed by atoms with Gasteiger partial charge in [0, 0.05) is 16.3 Å². The highest BCUT2D eigenvalue weighted by Crippen LogP contribution is 2.28. The number of aromatic nitrogens is 2. The van der Waals surface area contributed by atoms with Crippen LogP contribution in [0.3, 0.4) is 0 Å². The second kappa shape index (κ2) is 7.86. The van der Waals surface area contributed by atoms with Gasteiger partial charge in [0.25, 0.3) is 0 Å². The highest BCUT2D eigenvalue weighted by molar-refractivity contribution is 6.35. The zero-order valence-corrected chi connectivity index (χ0v) is 15.3. The number of ether oxygens (including phenoxy) is 2. The minimum Gasteiger partial charge on any atom is -0.461 e. The lowest BCUT2D eigenvalue weighted by Crippen LogP contribution is -2.15. The van der Waals surface area contributed by atoms with Crippen molar-refractivity contribution in [3.63, 3.8) is 0 Å². The van der Waals surface area contributed by atoms with Crippen molar-refractivity contribution >= 4 is 45.1 Å². The second-order valence-corrected chi connectivity index (χ2v) is 5.75. The largest absolute Gasteiger partial charge is 0.461 e. The third-order valence-corrected chi connectivity index (χ3v) is 3.89. The van der Waals surface area contributed by atoms with E-state index >= 15 is 0 Å². The molecule has 0 bridgehead atoms. The van der Waals surface area contributed by atoms with Crippen molar-refractivity contribution in [1.82, 2.24) is 9.97 Å². The number of anilines is 1. The normalized spacial score (nSPS) is 11.6. The van der Waals surface area contributed by atoms with E-state index in [9.17, 15) is 9.59 Å². The first-order valence-corrected chi connectivity index (χ1v) is 8.59. The molecule has 0 saturated heterocycles. The SMILES string of the molecule is CCOC(=O)C(C)=NNc1ccc2[nH]c3cnc(C(=O)OCC)cc3c2c1. The topological polar surface area (TPSA) is 106 Å². The minimum absolute atomic E-state index is 0.227. The average Bonchev–Trinajstić information content (AvgIpc) is 3.03. The predicted octanol–water partition coefficient (Wildman–Crippen LogP) is 3.24. The number of hydrogen-bond donors (Lipinski definition) is 2. The zero-order valence-electron chi connectivity index (χ0n) is 15.3. The molecule has 0 spiro atoms. The summed E-state index contributed by atoms with van der Waals surface area (Å²) in [5, 5.41) is 5.79. The Morgan fingerprint density at radius 3 is 2.59 bits per heavy atom. The molecule has 8 nitrogen and oxygen atoms in total. The molecule has 2 N–H and O–H groups in total. The number of pyridine rings is 1. The molecule has 0 unspecified atom stereocenters. The van der Waals surface area contributed by atoms with E-state index in [4.69, 9.17) is 9.47 Å². The molecule has 0 aliphatic heterocycles. The van der Waals surface area contributed by atoms with Gasteiger partial charge in [-0.15, -0.1) is 0 Å². The number of esters is 2. The van der Waals surface area contributed by atoms with Crippen LogP contribution < -0.4 is 5.43 Å². The van der Waals surface area contributed by atoms with Crippen molar-refractivity contribution in [1.29, 1.82) is 0 Å². The molecule has 0 amide bonds. The van der Waals surface area contributed by atoms with Crippen LogP contribution in [0.25, 0.3) is 21.8 Å². The highest BCUT2D eigenvalue weighted by atomic mass is 16.5. The third kappa shape index (κ3) is 3.89. The molecule has 3 rings (SSSR count). The van der Waals surface area contributed by atoms with E-state index in [1.807, 2.05) is 18.2 Å². The standard InChI is InChI=1S/C19H20N4O4/c1-4-26-18(24)11(3)22-23-12-6-7-15-13(8-12)14-9-16(19(25)27-5-2)20-10-17(14)21-15/h6-10,21,23H,4-5H2,1-3H3. The Morgan fingerprint density at radius 1 is 1.11 bits per heavy atom. The Hall–Kier alpha value is -3.42. The smallest absolute Gasteiger partial charge is 0.356 e. The number of carbonyl (C=O) groups excluding carboxylic acids is 2. The molecular weight excluding hydrogens is 348 g/mol. The first kappa shape index (κ1) is 18.4. The Balaban J connectivity index is 1.94. The summed E-state index contributed by atoms with van der Waals surface area (Å²) in [4.78, 5) is 31.0. The van der Waals surface area contributed by atoms with Crippen LogP contribution in [0.15, 0.2) is 35.6 Å². The van der Waals surface area contributed by atoms with Gasteiger partial charge in [-0.1, -0.05) is 0 Å². The summed E-state index contributed by atoms with van der Waals surface area (Å²) in [7, 11) is 0. The van der Waals surface area contributed by atoms with Gasteiger partial charge in [-0.25, -0.2) is 14.6 Å². The Bertz CT molecular complexity index is 1040. The molecule has 0 fully saturated rings. The van der Waals surface area contributed by atoms with Crippen LogP contribution in [0.5, 0.6) is 0 Å². The number of rotatable bonds is 6. The van der Waals surface area contributed by atoms with Gasteiger partial charge in [-0.05, 0) is 45.0 Å². The number of aromatic amines is 1. The van der Waals surface area contributed by atoms with Crippen molar-refractivity contribution in [3.8, 4) is 0 Å². The lowest BCUT2D eigenvalue weighted by Gasteiger charge is -2.04. The molecule has 0 aliphatic rings. The summed E-state index contributed by atoms with van der Waals surface area (Å²) in [5.74, 6) is -0.930. The van der Waals surface area contributed by atoms with Crippen LogP contribution in [0, 0.1) is 0 Å². The van der Waals surface area contributed by atoms with E-state index < -0.39 is 11.9 Å². The molecule has 27 heavy (non-hydrogen) atoms. The molecule has 8 heteroatoms. The van der Waals surface area contributed by atoms with Crippen molar-refractivity contribution in [2.24, 2.45) is 5.10 Å². The number of carbonyl (C=O) groups is 2. The number of hydrogen-bond acceptors (Lipinski definition) is 7. The van der Waals surface area contributed by atoms with E-state index in [0.29, 0.717) is 18.9 Å². The second-order valence-electron chi connectivity index (χ2n) is 5.75. The minimum atomic E-state index is -0.469. The van der Waals surface area contributed by atoms with Crippen molar-refractivity contribution in [2.45, 2.75) is 20.8 Å². The number of nitrogens with zero attached hydrogens (tertiary/aromatic N) is 2. The van der Waals surface area contributed by atoms with Gasteiger partial charge in [0.05, 0.1) is 30.6 Å². The Kier molecular flexibility index (Phi) is 5.35. The molecule has 3 aromatic rings. The number of benzene rings is 1. The van der Waals surface area contributed by atoms with Gasteiger partial charge in [-0.2, -0.15) is 5.10 Å². The van der Waals surface area contributed by atoms with Gasteiger partial charge >= 0.3 is 11.9 Å². The quantitative estimate of drug-likeness (QED) is 0.393. The molecular formula is C19H20N4O4. The predicted molar refractivity (Wildman–Crippen MR) is 103 cm³/mol. The summed E-state index contributed by atoms with van der Waals surface area (Å²) in [6, 6.07) is 7.30. The van der Waals surface area contributed by atoms with Crippen LogP contribution in [-0.4, -0.2) is 40.8 Å². The van der Waals surface area contributed by atoms with Crippen LogP contribution >= 0.6 is 0 Å². The third-order valence-electron chi connectivity index (χ3n) is 3.89. The van der Waals surface area contributed by atoms with Gasteiger partial charge < -0.3 is 14.5 Å². The summed E-state index contributed by atoms with van der Waals surface area (Å²) >= 11 is 0. The zero-order chi connectivity index (χ0) is 19.4. The lowest BCUT2D eigenvalue weighted by atomic mass is 10.1. The first-order valence-electron chi connectivity index (χ1n) is 8.59. The Morgan fingerprint density at radius 2 is 1.85 bits per heavy atom. The highest BCUT2D eigenvalue weighted by Gasteiger charge is 2.12. The molecule has 2 heterocycles. The number of nitrogens with one attached hydrogen (secondary N) is 2. The maximum Gasteiger partial charge on any atom is 0.356 e. The van der Waals surface area contributed by atoms with Gasteiger partial charge in [0.2, 0.25) is 0 Å². The molecule has 0 aliphatic carbocycles. The molecule has 0 saturated carbocycles. The van der Waals surface area contributed by atoms with Crippen LogP contribution in [-0.2, 0) is 14.3 Å².